The standard InChI is InChI=1S/C13H11BFNO.2H2O/c1-8-9(2)16-6-5-13(8)17-10-3-4-11(14)12(15)7-10;;/h3-7H,1-2H3;2*1H2/q+2;;/p-2. The normalized spacial score (nSPS) is 9.32. The number of rotatable bonds is 2. The number of aryl methyl sites for hydroxylation is 1. The average molecular weight is 261 g/mol. The molecule has 0 fully saturated rings. The van der Waals surface area contributed by atoms with Gasteiger partial charge in [0.05, 0.1) is 0 Å². The van der Waals surface area contributed by atoms with Crippen LogP contribution in [0.4, 0.5) is 4.39 Å². The maximum atomic E-state index is 13.2. The Bertz CT molecular complexity index is 564. The molecule has 0 spiro atoms. The molecule has 4 nitrogen and oxygen atoms in total. The second-order valence-electron chi connectivity index (χ2n) is 3.80. The number of hydrogen-bond acceptors (Lipinski definition) is 4. The van der Waals surface area contributed by atoms with Crippen molar-refractivity contribution < 1.29 is 20.1 Å². The van der Waals surface area contributed by atoms with Gasteiger partial charge in [0, 0.05) is 0 Å². The van der Waals surface area contributed by atoms with Gasteiger partial charge in [-0.1, -0.05) is 0 Å². The van der Waals surface area contributed by atoms with Gasteiger partial charge in [-0.25, -0.2) is 0 Å². The molecule has 0 bridgehead atoms. The van der Waals surface area contributed by atoms with Crippen molar-refractivity contribution in [3.8, 4) is 11.5 Å². The summed E-state index contributed by atoms with van der Waals surface area (Å²) in [5.41, 5.74) is 1.93. The molecule has 98 valence electrons. The van der Waals surface area contributed by atoms with Crippen molar-refractivity contribution in [3.63, 3.8) is 0 Å². The minimum atomic E-state index is -0.481. The Kier molecular flexibility index (Phi) is 6.18. The van der Waals surface area contributed by atoms with E-state index < -0.39 is 5.82 Å². The monoisotopic (exact) mass is 261 g/mol. The SMILES string of the molecule is [B+2]c1ccc(Oc2ccnc(C)c2C)cc1F.[OH-].[OH-]. The molecule has 2 N–H and O–H groups in total. The van der Waals surface area contributed by atoms with Gasteiger partial charge in [-0.2, -0.15) is 0 Å². The van der Waals surface area contributed by atoms with Crippen molar-refractivity contribution in [1.29, 1.82) is 0 Å². The van der Waals surface area contributed by atoms with Crippen LogP contribution in [0.2, 0.25) is 0 Å². The first kappa shape index (κ1) is 17.1. The van der Waals surface area contributed by atoms with Crippen molar-refractivity contribution in [2.75, 3.05) is 0 Å². The molecule has 2 aromatic rings. The molecular formula is C13H13BFNO3. The number of hydrogen-bond donors (Lipinski definition) is 0. The van der Waals surface area contributed by atoms with Crippen LogP contribution in [0.5, 0.6) is 11.5 Å². The van der Waals surface area contributed by atoms with E-state index in [-0.39, 0.29) is 16.4 Å². The van der Waals surface area contributed by atoms with Gasteiger partial charge >= 0.3 is 100 Å². The van der Waals surface area contributed by atoms with Crippen LogP contribution in [-0.2, 0) is 0 Å². The number of halogens is 1. The first-order valence-electron chi connectivity index (χ1n) is 5.23. The quantitative estimate of drug-likeness (QED) is 0.774. The van der Waals surface area contributed by atoms with E-state index in [2.05, 4.69) is 4.98 Å². The predicted molar refractivity (Wildman–Crippen MR) is 69.4 cm³/mol. The van der Waals surface area contributed by atoms with E-state index in [1.54, 1.807) is 18.3 Å². The zero-order chi connectivity index (χ0) is 12.4. The zero-order valence-corrected chi connectivity index (χ0v) is 10.6. The van der Waals surface area contributed by atoms with Crippen LogP contribution in [0.15, 0.2) is 30.5 Å². The van der Waals surface area contributed by atoms with E-state index in [9.17, 15) is 4.39 Å². The Labute approximate surface area is 112 Å². The number of benzene rings is 1. The van der Waals surface area contributed by atoms with Crippen molar-refractivity contribution in [2.24, 2.45) is 0 Å². The number of ether oxygens (including phenoxy) is 1. The van der Waals surface area contributed by atoms with Gasteiger partial charge in [-0.05, 0) is 0 Å². The zero-order valence-electron chi connectivity index (χ0n) is 10.6. The molecule has 6 heteroatoms. The third-order valence-electron chi connectivity index (χ3n) is 2.61. The van der Waals surface area contributed by atoms with Crippen molar-refractivity contribution in [2.45, 2.75) is 13.8 Å². The Balaban J connectivity index is 0.00000162. The third-order valence-corrected chi connectivity index (χ3v) is 2.61. The minimum absolute atomic E-state index is 0. The van der Waals surface area contributed by atoms with Gasteiger partial charge in [0.25, 0.3) is 0 Å². The van der Waals surface area contributed by atoms with E-state index in [1.807, 2.05) is 13.8 Å². The van der Waals surface area contributed by atoms with Crippen LogP contribution in [0.25, 0.3) is 0 Å². The first-order valence-corrected chi connectivity index (χ1v) is 5.23. The van der Waals surface area contributed by atoms with Crippen molar-refractivity contribution in [1.82, 2.24) is 4.98 Å². The first-order chi connectivity index (χ1) is 8.08. The minimum Gasteiger partial charge on any atom is -0.870 e. The van der Waals surface area contributed by atoms with Gasteiger partial charge in [0.15, 0.2) is 0 Å². The van der Waals surface area contributed by atoms with E-state index in [1.165, 1.54) is 12.1 Å². The molecule has 0 saturated carbocycles. The molecule has 1 heterocycles. The molecular weight excluding hydrogens is 248 g/mol. The molecule has 1 aromatic carbocycles. The molecule has 0 amide bonds. The Morgan fingerprint density at radius 1 is 1.16 bits per heavy atom. The van der Waals surface area contributed by atoms with Crippen LogP contribution < -0.4 is 10.2 Å². The second kappa shape index (κ2) is 6.87. The summed E-state index contributed by atoms with van der Waals surface area (Å²) in [6.07, 6.45) is 1.66. The van der Waals surface area contributed by atoms with Crippen LogP contribution in [0.3, 0.4) is 0 Å². The van der Waals surface area contributed by atoms with Crippen LogP contribution in [0, 0.1) is 19.7 Å². The molecule has 0 radical (unpaired) electrons. The van der Waals surface area contributed by atoms with E-state index >= 15 is 0 Å². The predicted octanol–water partition coefficient (Wildman–Crippen LogP) is 2.07. The fourth-order valence-electron chi connectivity index (χ4n) is 1.43. The molecule has 0 saturated heterocycles. The summed E-state index contributed by atoms with van der Waals surface area (Å²) in [5, 5.41) is 0. The number of aromatic nitrogens is 1. The number of pyridine rings is 1. The summed E-state index contributed by atoms with van der Waals surface area (Å²) in [5.74, 6) is 0.609. The van der Waals surface area contributed by atoms with Gasteiger partial charge in [-0.15, -0.1) is 0 Å². The Morgan fingerprint density at radius 3 is 2.47 bits per heavy atom. The van der Waals surface area contributed by atoms with E-state index in [4.69, 9.17) is 12.6 Å². The summed E-state index contributed by atoms with van der Waals surface area (Å²) >= 11 is 0. The van der Waals surface area contributed by atoms with Gasteiger partial charge < -0.3 is 11.0 Å². The molecule has 0 atom stereocenters. The second-order valence-corrected chi connectivity index (χ2v) is 3.80. The number of nitrogens with zero attached hydrogens (tertiary/aromatic N) is 1. The van der Waals surface area contributed by atoms with Crippen LogP contribution in [-0.4, -0.2) is 23.8 Å². The molecule has 0 aliphatic rings. The van der Waals surface area contributed by atoms with E-state index in [0.29, 0.717) is 11.5 Å². The molecule has 19 heavy (non-hydrogen) atoms. The smallest absolute Gasteiger partial charge is 0.870 e. The topological polar surface area (TPSA) is 82.1 Å². The molecule has 0 unspecified atom stereocenters. The van der Waals surface area contributed by atoms with Crippen molar-refractivity contribution >= 4 is 13.3 Å². The van der Waals surface area contributed by atoms with Crippen LogP contribution >= 0.6 is 0 Å². The summed E-state index contributed by atoms with van der Waals surface area (Å²) in [4.78, 5) is 4.14. The summed E-state index contributed by atoms with van der Waals surface area (Å²) in [6.45, 7) is 3.80. The fourth-order valence-corrected chi connectivity index (χ4v) is 1.43. The van der Waals surface area contributed by atoms with Crippen molar-refractivity contribution in [3.05, 3.63) is 47.5 Å². The van der Waals surface area contributed by atoms with Gasteiger partial charge in [-0.3, -0.25) is 0 Å². The summed E-state index contributed by atoms with van der Waals surface area (Å²) in [6, 6.07) is 6.13. The average Bonchev–Trinajstić information content (AvgIpc) is 2.30. The maximum Gasteiger partial charge on any atom is -0.870 e. The molecule has 0 aliphatic carbocycles. The Hall–Kier alpha value is -1.92. The van der Waals surface area contributed by atoms with E-state index in [0.717, 1.165) is 11.3 Å². The largest absolute Gasteiger partial charge is 0.870 e. The molecule has 0 aliphatic heterocycles. The van der Waals surface area contributed by atoms with Crippen LogP contribution in [0.1, 0.15) is 11.3 Å². The Morgan fingerprint density at radius 2 is 1.84 bits per heavy atom. The summed E-state index contributed by atoms with van der Waals surface area (Å²) in [7, 11) is 5.40. The fraction of sp³-hybridized carbons (Fsp3) is 0.154. The maximum absolute atomic E-state index is 13.2. The van der Waals surface area contributed by atoms with Gasteiger partial charge in [0.2, 0.25) is 0 Å². The third kappa shape index (κ3) is 3.77. The van der Waals surface area contributed by atoms with Gasteiger partial charge in [0.1, 0.15) is 0 Å². The summed E-state index contributed by atoms with van der Waals surface area (Å²) < 4.78 is 18.8. The molecule has 1 aromatic heterocycles. The molecule has 2 rings (SSSR count).